The van der Waals surface area contributed by atoms with Crippen molar-refractivity contribution in [2.45, 2.75) is 11.8 Å². The van der Waals surface area contributed by atoms with Gasteiger partial charge in [-0.05, 0) is 42.8 Å². The van der Waals surface area contributed by atoms with Crippen LogP contribution in [-0.4, -0.2) is 19.5 Å². The van der Waals surface area contributed by atoms with E-state index in [1.165, 1.54) is 24.3 Å². The van der Waals surface area contributed by atoms with Gasteiger partial charge in [-0.2, -0.15) is 0 Å². The maximum Gasteiger partial charge on any atom is 0.335 e. The number of carboxylic acids is 1. The Labute approximate surface area is 130 Å². The zero-order valence-corrected chi connectivity index (χ0v) is 13.4. The molecule has 0 fully saturated rings. The predicted molar refractivity (Wildman–Crippen MR) is 83.1 cm³/mol. The SMILES string of the molecule is Cc1ccc(C(=O)O)cc1NS(=O)(=O)c1cccc(Br)c1. The molecule has 0 aliphatic carbocycles. The summed E-state index contributed by atoms with van der Waals surface area (Å²) in [6.45, 7) is 1.70. The van der Waals surface area contributed by atoms with Crippen molar-refractivity contribution < 1.29 is 18.3 Å². The van der Waals surface area contributed by atoms with E-state index >= 15 is 0 Å². The van der Waals surface area contributed by atoms with Crippen LogP contribution in [0.2, 0.25) is 0 Å². The summed E-state index contributed by atoms with van der Waals surface area (Å²) >= 11 is 3.22. The molecule has 2 aromatic carbocycles. The van der Waals surface area contributed by atoms with E-state index in [0.29, 0.717) is 10.0 Å². The Morgan fingerprint density at radius 3 is 2.52 bits per heavy atom. The molecule has 0 spiro atoms. The van der Waals surface area contributed by atoms with Crippen LogP contribution < -0.4 is 4.72 Å². The fourth-order valence-corrected chi connectivity index (χ4v) is 3.42. The first-order chi connectivity index (χ1) is 9.79. The number of halogens is 1. The highest BCUT2D eigenvalue weighted by molar-refractivity contribution is 9.10. The first-order valence-corrected chi connectivity index (χ1v) is 8.19. The Bertz CT molecular complexity index is 802. The van der Waals surface area contributed by atoms with Crippen molar-refractivity contribution in [2.24, 2.45) is 0 Å². The molecular weight excluding hydrogens is 358 g/mol. The summed E-state index contributed by atoms with van der Waals surface area (Å²) in [5, 5.41) is 8.97. The van der Waals surface area contributed by atoms with Crippen LogP contribution in [0.4, 0.5) is 5.69 Å². The van der Waals surface area contributed by atoms with E-state index in [1.807, 2.05) is 0 Å². The molecule has 5 nitrogen and oxygen atoms in total. The molecule has 0 saturated carbocycles. The highest BCUT2D eigenvalue weighted by atomic mass is 79.9. The maximum absolute atomic E-state index is 12.3. The summed E-state index contributed by atoms with van der Waals surface area (Å²) < 4.78 is 27.7. The van der Waals surface area contributed by atoms with E-state index < -0.39 is 16.0 Å². The van der Waals surface area contributed by atoms with Gasteiger partial charge in [0.2, 0.25) is 0 Å². The molecule has 0 aliphatic rings. The molecule has 0 saturated heterocycles. The van der Waals surface area contributed by atoms with Gasteiger partial charge in [0.1, 0.15) is 0 Å². The average molecular weight is 370 g/mol. The van der Waals surface area contributed by atoms with Crippen molar-refractivity contribution in [3.8, 4) is 0 Å². The Morgan fingerprint density at radius 2 is 1.90 bits per heavy atom. The summed E-state index contributed by atoms with van der Waals surface area (Å²) in [6, 6.07) is 10.5. The second kappa shape index (κ2) is 5.87. The van der Waals surface area contributed by atoms with E-state index in [2.05, 4.69) is 20.7 Å². The number of aryl methyl sites for hydroxylation is 1. The number of benzene rings is 2. The number of carboxylic acid groups (broad SMARTS) is 1. The third-order valence-electron chi connectivity index (χ3n) is 2.84. The number of hydrogen-bond donors (Lipinski definition) is 2. The van der Waals surface area contributed by atoms with E-state index in [1.54, 1.807) is 25.1 Å². The van der Waals surface area contributed by atoms with Crippen LogP contribution in [0.15, 0.2) is 51.8 Å². The van der Waals surface area contributed by atoms with Gasteiger partial charge in [0.15, 0.2) is 0 Å². The van der Waals surface area contributed by atoms with Crippen molar-refractivity contribution >= 4 is 37.6 Å². The normalized spacial score (nSPS) is 11.1. The third-order valence-corrected chi connectivity index (χ3v) is 4.69. The number of carbonyl (C=O) groups is 1. The first kappa shape index (κ1) is 15.5. The molecule has 0 atom stereocenters. The molecule has 0 aromatic heterocycles. The van der Waals surface area contributed by atoms with Crippen molar-refractivity contribution in [3.63, 3.8) is 0 Å². The summed E-state index contributed by atoms with van der Waals surface area (Å²) in [7, 11) is -3.77. The van der Waals surface area contributed by atoms with Crippen molar-refractivity contribution in [1.82, 2.24) is 0 Å². The van der Waals surface area contributed by atoms with Crippen LogP contribution in [0.25, 0.3) is 0 Å². The summed E-state index contributed by atoms with van der Waals surface area (Å²) in [4.78, 5) is 11.1. The number of hydrogen-bond acceptors (Lipinski definition) is 3. The molecule has 2 N–H and O–H groups in total. The van der Waals surface area contributed by atoms with Gasteiger partial charge in [0, 0.05) is 4.47 Å². The van der Waals surface area contributed by atoms with Gasteiger partial charge in [-0.3, -0.25) is 4.72 Å². The van der Waals surface area contributed by atoms with Gasteiger partial charge in [-0.15, -0.1) is 0 Å². The van der Waals surface area contributed by atoms with Crippen LogP contribution in [0.5, 0.6) is 0 Å². The lowest BCUT2D eigenvalue weighted by atomic mass is 10.1. The second-order valence-corrected chi connectivity index (χ2v) is 7.00. The minimum Gasteiger partial charge on any atom is -0.478 e. The van der Waals surface area contributed by atoms with Crippen molar-refractivity contribution in [1.29, 1.82) is 0 Å². The lowest BCUT2D eigenvalue weighted by Crippen LogP contribution is -2.14. The lowest BCUT2D eigenvalue weighted by molar-refractivity contribution is 0.0697. The molecule has 0 aliphatic heterocycles. The van der Waals surface area contributed by atoms with E-state index in [4.69, 9.17) is 5.11 Å². The number of aromatic carboxylic acids is 1. The molecule has 0 unspecified atom stereocenters. The molecule has 2 aromatic rings. The fourth-order valence-electron chi connectivity index (χ4n) is 1.70. The monoisotopic (exact) mass is 369 g/mol. The summed E-state index contributed by atoms with van der Waals surface area (Å²) in [5.74, 6) is -1.11. The second-order valence-electron chi connectivity index (χ2n) is 4.40. The van der Waals surface area contributed by atoms with Crippen molar-refractivity contribution in [2.75, 3.05) is 4.72 Å². The van der Waals surface area contributed by atoms with Gasteiger partial charge >= 0.3 is 5.97 Å². The van der Waals surface area contributed by atoms with Gasteiger partial charge < -0.3 is 5.11 Å². The van der Waals surface area contributed by atoms with Gasteiger partial charge in [0.25, 0.3) is 10.0 Å². The van der Waals surface area contributed by atoms with Crippen LogP contribution in [0.1, 0.15) is 15.9 Å². The van der Waals surface area contributed by atoms with Gasteiger partial charge in [-0.1, -0.05) is 28.1 Å². The Balaban J connectivity index is 2.41. The minimum absolute atomic E-state index is 0.0209. The smallest absolute Gasteiger partial charge is 0.335 e. The first-order valence-electron chi connectivity index (χ1n) is 5.92. The van der Waals surface area contributed by atoms with Crippen LogP contribution in [-0.2, 0) is 10.0 Å². The number of sulfonamides is 1. The minimum atomic E-state index is -3.77. The van der Waals surface area contributed by atoms with Gasteiger partial charge in [-0.25, -0.2) is 13.2 Å². The molecule has 0 radical (unpaired) electrons. The zero-order chi connectivity index (χ0) is 15.6. The van der Waals surface area contributed by atoms with E-state index in [0.717, 1.165) is 0 Å². The molecule has 0 bridgehead atoms. The maximum atomic E-state index is 12.3. The lowest BCUT2D eigenvalue weighted by Gasteiger charge is -2.11. The molecule has 2 rings (SSSR count). The van der Waals surface area contributed by atoms with E-state index in [9.17, 15) is 13.2 Å². The topological polar surface area (TPSA) is 83.5 Å². The molecule has 0 amide bonds. The molecule has 7 heteroatoms. The van der Waals surface area contributed by atoms with Crippen LogP contribution >= 0.6 is 15.9 Å². The largest absolute Gasteiger partial charge is 0.478 e. The number of nitrogens with one attached hydrogen (secondary N) is 1. The highest BCUT2D eigenvalue weighted by Crippen LogP contribution is 2.23. The predicted octanol–water partition coefficient (Wildman–Crippen LogP) is 3.26. The Hall–Kier alpha value is -1.86. The number of rotatable bonds is 4. The van der Waals surface area contributed by atoms with Crippen LogP contribution in [0, 0.1) is 6.92 Å². The summed E-state index contributed by atoms with van der Waals surface area (Å²) in [5.41, 5.74) is 0.904. The van der Waals surface area contributed by atoms with E-state index in [-0.39, 0.29) is 16.1 Å². The van der Waals surface area contributed by atoms with Gasteiger partial charge in [0.05, 0.1) is 16.1 Å². The van der Waals surface area contributed by atoms with Crippen LogP contribution in [0.3, 0.4) is 0 Å². The molecule has 0 heterocycles. The third kappa shape index (κ3) is 3.62. The Kier molecular flexibility index (Phi) is 4.34. The molecular formula is C14H12BrNO4S. The zero-order valence-electron chi connectivity index (χ0n) is 11.0. The fraction of sp³-hybridized carbons (Fsp3) is 0.0714. The molecule has 21 heavy (non-hydrogen) atoms. The standard InChI is InChI=1S/C14H12BrNO4S/c1-9-5-6-10(14(17)18)7-13(9)16-21(19,20)12-4-2-3-11(15)8-12/h2-8,16H,1H3,(H,17,18). The van der Waals surface area contributed by atoms with Crippen molar-refractivity contribution in [3.05, 3.63) is 58.1 Å². The average Bonchev–Trinajstić information content (AvgIpc) is 2.41. The molecule has 110 valence electrons. The Morgan fingerprint density at radius 1 is 1.19 bits per heavy atom. The highest BCUT2D eigenvalue weighted by Gasteiger charge is 2.16. The quantitative estimate of drug-likeness (QED) is 0.866. The number of anilines is 1. The summed E-state index contributed by atoms with van der Waals surface area (Å²) in [6.07, 6.45) is 0.